The Morgan fingerprint density at radius 1 is 1.38 bits per heavy atom. The van der Waals surface area contributed by atoms with Crippen LogP contribution in [0.25, 0.3) is 10.6 Å². The number of nitrogens with zero attached hydrogens (tertiary/aromatic N) is 3. The summed E-state index contributed by atoms with van der Waals surface area (Å²) >= 11 is 1.42. The first-order valence-electron chi connectivity index (χ1n) is 4.16. The Balaban J connectivity index is 2.33. The van der Waals surface area contributed by atoms with Crippen molar-refractivity contribution in [2.24, 2.45) is 0 Å². The van der Waals surface area contributed by atoms with Crippen molar-refractivity contribution in [3.63, 3.8) is 0 Å². The number of aromatic nitrogens is 3. The Morgan fingerprint density at radius 3 is 2.69 bits per heavy atom. The molecule has 0 unspecified atom stereocenters. The van der Waals surface area contributed by atoms with Gasteiger partial charge >= 0.3 is 0 Å². The summed E-state index contributed by atoms with van der Waals surface area (Å²) in [5, 5.41) is 0.975. The normalized spacial score (nSPS) is 10.2. The van der Waals surface area contributed by atoms with Gasteiger partial charge in [-0.15, -0.1) is 0 Å². The van der Waals surface area contributed by atoms with Crippen molar-refractivity contribution in [3.05, 3.63) is 30.9 Å². The van der Waals surface area contributed by atoms with Gasteiger partial charge in [-0.3, -0.25) is 0 Å². The Hall–Kier alpha value is -1.29. The van der Waals surface area contributed by atoms with E-state index in [-0.39, 0.29) is 0 Å². The maximum absolute atomic E-state index is 4.14. The van der Waals surface area contributed by atoms with Gasteiger partial charge in [-0.25, -0.2) is 9.55 Å². The predicted octanol–water partition coefficient (Wildman–Crippen LogP) is 1.51. The highest BCUT2D eigenvalue weighted by molar-refractivity contribution is 7.09. The average molecular weight is 192 g/mol. The van der Waals surface area contributed by atoms with Gasteiger partial charge in [0.1, 0.15) is 17.9 Å². The summed E-state index contributed by atoms with van der Waals surface area (Å²) in [7, 11) is 0. The molecule has 2 aromatic rings. The van der Waals surface area contributed by atoms with E-state index in [0.717, 1.165) is 17.1 Å². The quantitative estimate of drug-likeness (QED) is 0.675. The Kier molecular flexibility index (Phi) is 2.31. The van der Waals surface area contributed by atoms with E-state index >= 15 is 0 Å². The first kappa shape index (κ1) is 8.31. The molecule has 0 radical (unpaired) electrons. The van der Waals surface area contributed by atoms with E-state index in [1.807, 2.05) is 0 Å². The molecule has 0 fully saturated rings. The summed E-state index contributed by atoms with van der Waals surface area (Å²) in [6.45, 7) is 3.11. The lowest BCUT2D eigenvalue weighted by atomic mass is 10.3. The van der Waals surface area contributed by atoms with Crippen LogP contribution in [0.4, 0.5) is 0 Å². The van der Waals surface area contributed by atoms with Crippen molar-refractivity contribution in [1.29, 1.82) is 0 Å². The highest BCUT2D eigenvalue weighted by atomic mass is 32.1. The molecule has 0 atom stereocenters. The monoisotopic (exact) mass is 192 g/mol. The van der Waals surface area contributed by atoms with E-state index in [4.69, 9.17) is 0 Å². The van der Waals surface area contributed by atoms with Crippen LogP contribution in [0, 0.1) is 0 Å². The zero-order valence-corrected chi connectivity index (χ0v) is 8.16. The predicted molar refractivity (Wildman–Crippen MR) is 51.2 cm³/mol. The van der Waals surface area contributed by atoms with Crippen molar-refractivity contribution in [2.75, 3.05) is 0 Å². The second-order valence-corrected chi connectivity index (χ2v) is 3.44. The second-order valence-electron chi connectivity index (χ2n) is 2.66. The van der Waals surface area contributed by atoms with Crippen LogP contribution in [0.15, 0.2) is 30.9 Å². The largest absolute Gasteiger partial charge is 0.223 e. The molecule has 0 N–H and O–H groups in total. The smallest absolute Gasteiger partial charge is 0.169 e. The molecule has 0 aromatic carbocycles. The molecule has 0 saturated heterocycles. The van der Waals surface area contributed by atoms with Gasteiger partial charge in [0, 0.05) is 17.7 Å². The summed E-state index contributed by atoms with van der Waals surface area (Å²) in [6, 6.07) is 4.12. The third-order valence-electron chi connectivity index (χ3n) is 1.86. The second kappa shape index (κ2) is 3.62. The van der Waals surface area contributed by atoms with Crippen LogP contribution < -0.4 is 4.57 Å². The van der Waals surface area contributed by atoms with Crippen molar-refractivity contribution < 1.29 is 4.57 Å². The van der Waals surface area contributed by atoms with Crippen LogP contribution in [-0.2, 0) is 6.54 Å². The molecule has 0 aliphatic carbocycles. The lowest BCUT2D eigenvalue weighted by Gasteiger charge is -1.93. The minimum Gasteiger partial charge on any atom is -0.223 e. The van der Waals surface area contributed by atoms with Crippen LogP contribution in [0.1, 0.15) is 6.92 Å². The Labute approximate surface area is 80.9 Å². The van der Waals surface area contributed by atoms with Gasteiger partial charge in [-0.2, -0.15) is 4.37 Å². The van der Waals surface area contributed by atoms with E-state index in [0.29, 0.717) is 0 Å². The molecule has 66 valence electrons. The maximum Gasteiger partial charge on any atom is 0.169 e. The maximum atomic E-state index is 4.14. The van der Waals surface area contributed by atoms with E-state index in [1.165, 1.54) is 11.5 Å². The molecule has 0 spiro atoms. The molecule has 0 saturated carbocycles. The van der Waals surface area contributed by atoms with Crippen LogP contribution >= 0.6 is 11.5 Å². The summed E-state index contributed by atoms with van der Waals surface area (Å²) in [6.07, 6.45) is 5.69. The molecule has 2 rings (SSSR count). The molecular formula is C9H10N3S+. The van der Waals surface area contributed by atoms with E-state index in [9.17, 15) is 0 Å². The van der Waals surface area contributed by atoms with Gasteiger partial charge in [0.2, 0.25) is 0 Å². The minimum atomic E-state index is 0.975. The van der Waals surface area contributed by atoms with Gasteiger partial charge in [-0.05, 0) is 18.5 Å². The molecular weight excluding hydrogens is 182 g/mol. The minimum absolute atomic E-state index is 0.975. The summed E-state index contributed by atoms with van der Waals surface area (Å²) in [5.74, 6) is 0. The summed E-state index contributed by atoms with van der Waals surface area (Å²) < 4.78 is 6.08. The first-order valence-corrected chi connectivity index (χ1v) is 4.93. The molecule has 0 aliphatic heterocycles. The van der Waals surface area contributed by atoms with Gasteiger partial charge in [0.05, 0.1) is 0 Å². The number of aryl methyl sites for hydroxylation is 1. The van der Waals surface area contributed by atoms with Crippen LogP contribution in [0.2, 0.25) is 0 Å². The lowest BCUT2D eigenvalue weighted by molar-refractivity contribution is -0.693. The fraction of sp³-hybridized carbons (Fsp3) is 0.222. The SMILES string of the molecule is CC[n+]1ccc(-c2ncns2)cc1. The molecule has 2 aromatic heterocycles. The van der Waals surface area contributed by atoms with Crippen molar-refractivity contribution in [1.82, 2.24) is 9.36 Å². The van der Waals surface area contributed by atoms with E-state index in [2.05, 4.69) is 45.4 Å². The molecule has 0 bridgehead atoms. The Bertz CT molecular complexity index is 366. The number of hydrogen-bond donors (Lipinski definition) is 0. The van der Waals surface area contributed by atoms with Crippen molar-refractivity contribution >= 4 is 11.5 Å². The number of rotatable bonds is 2. The molecule has 3 nitrogen and oxygen atoms in total. The Morgan fingerprint density at radius 2 is 2.15 bits per heavy atom. The van der Waals surface area contributed by atoms with Crippen molar-refractivity contribution in [2.45, 2.75) is 13.5 Å². The van der Waals surface area contributed by atoms with Crippen LogP contribution in [0.3, 0.4) is 0 Å². The van der Waals surface area contributed by atoms with Crippen LogP contribution in [-0.4, -0.2) is 9.36 Å². The highest BCUT2D eigenvalue weighted by Crippen LogP contribution is 2.17. The zero-order valence-electron chi connectivity index (χ0n) is 7.34. The zero-order chi connectivity index (χ0) is 9.10. The average Bonchev–Trinajstić information content (AvgIpc) is 2.71. The highest BCUT2D eigenvalue weighted by Gasteiger charge is 2.02. The van der Waals surface area contributed by atoms with Crippen LogP contribution in [0.5, 0.6) is 0 Å². The van der Waals surface area contributed by atoms with Gasteiger partial charge in [0.15, 0.2) is 12.4 Å². The van der Waals surface area contributed by atoms with Gasteiger partial charge < -0.3 is 0 Å². The molecule has 2 heterocycles. The van der Waals surface area contributed by atoms with Gasteiger partial charge in [0.25, 0.3) is 0 Å². The topological polar surface area (TPSA) is 29.7 Å². The number of hydrogen-bond acceptors (Lipinski definition) is 3. The third kappa shape index (κ3) is 1.72. The first-order chi connectivity index (χ1) is 6.40. The number of pyridine rings is 1. The van der Waals surface area contributed by atoms with E-state index in [1.54, 1.807) is 6.33 Å². The molecule has 0 aliphatic rings. The fourth-order valence-corrected chi connectivity index (χ4v) is 1.64. The molecule has 4 heteroatoms. The van der Waals surface area contributed by atoms with Crippen molar-refractivity contribution in [3.8, 4) is 10.6 Å². The van der Waals surface area contributed by atoms with E-state index < -0.39 is 0 Å². The fourth-order valence-electron chi connectivity index (χ4n) is 1.11. The summed E-state index contributed by atoms with van der Waals surface area (Å²) in [5.41, 5.74) is 1.13. The summed E-state index contributed by atoms with van der Waals surface area (Å²) in [4.78, 5) is 4.14. The molecule has 13 heavy (non-hydrogen) atoms. The standard InChI is InChI=1S/C9H10N3S/c1-2-12-5-3-8(4-6-12)9-10-7-11-13-9/h3-7H,2H2,1H3/q+1. The third-order valence-corrected chi connectivity index (χ3v) is 2.58. The van der Waals surface area contributed by atoms with Gasteiger partial charge in [-0.1, -0.05) is 0 Å². The lowest BCUT2D eigenvalue weighted by Crippen LogP contribution is -2.30. The molecule has 0 amide bonds.